The van der Waals surface area contributed by atoms with Crippen LogP contribution in [0.4, 0.5) is 0 Å². The monoisotopic (exact) mass is 347 g/mol. The molecule has 0 aliphatic rings. The van der Waals surface area contributed by atoms with E-state index in [1.807, 2.05) is 30.3 Å². The van der Waals surface area contributed by atoms with Crippen LogP contribution in [0.3, 0.4) is 0 Å². The number of nitrogens with one attached hydrogen (secondary N) is 1. The predicted octanol–water partition coefficient (Wildman–Crippen LogP) is 5.44. The zero-order valence-corrected chi connectivity index (χ0v) is 14.6. The van der Waals surface area contributed by atoms with Crippen molar-refractivity contribution in [3.8, 4) is 11.5 Å². The second-order valence-electron chi connectivity index (χ2n) is 6.26. The first kappa shape index (κ1) is 16.1. The number of hydrogen-bond acceptors (Lipinski definition) is 2. The molecule has 1 N–H and O–H groups in total. The molecule has 0 aliphatic carbocycles. The van der Waals surface area contributed by atoms with Crippen molar-refractivity contribution in [3.63, 3.8) is 0 Å². The lowest BCUT2D eigenvalue weighted by Crippen LogP contribution is -2.35. The summed E-state index contributed by atoms with van der Waals surface area (Å²) in [4.78, 5) is 0. The molecular weight excluding hydrogens is 326 g/mol. The van der Waals surface area contributed by atoms with Crippen LogP contribution in [0.2, 0.25) is 0 Å². The highest BCUT2D eigenvalue weighted by Crippen LogP contribution is 2.27. The van der Waals surface area contributed by atoms with Gasteiger partial charge in [0.2, 0.25) is 0 Å². The lowest BCUT2D eigenvalue weighted by molar-refractivity contribution is 0.424. The SMILES string of the molecule is Cc1cc(CNC(C)(C)C)ccc1Oc1ccc(Br)cc1. The number of aryl methyl sites for hydroxylation is 1. The van der Waals surface area contributed by atoms with Gasteiger partial charge in [-0.05, 0) is 69.2 Å². The zero-order valence-electron chi connectivity index (χ0n) is 13.0. The second kappa shape index (κ2) is 6.63. The van der Waals surface area contributed by atoms with Crippen molar-refractivity contribution in [1.82, 2.24) is 5.32 Å². The van der Waals surface area contributed by atoms with Crippen molar-refractivity contribution in [1.29, 1.82) is 0 Å². The van der Waals surface area contributed by atoms with E-state index in [4.69, 9.17) is 4.74 Å². The van der Waals surface area contributed by atoms with E-state index < -0.39 is 0 Å². The fourth-order valence-electron chi connectivity index (χ4n) is 1.93. The summed E-state index contributed by atoms with van der Waals surface area (Å²) in [5.41, 5.74) is 2.54. The highest BCUT2D eigenvalue weighted by atomic mass is 79.9. The maximum atomic E-state index is 5.92. The van der Waals surface area contributed by atoms with Crippen LogP contribution in [0.5, 0.6) is 11.5 Å². The fraction of sp³-hybridized carbons (Fsp3) is 0.333. The first-order valence-electron chi connectivity index (χ1n) is 7.11. The van der Waals surface area contributed by atoms with E-state index >= 15 is 0 Å². The number of halogens is 1. The Morgan fingerprint density at radius 2 is 1.71 bits per heavy atom. The summed E-state index contributed by atoms with van der Waals surface area (Å²) >= 11 is 3.43. The lowest BCUT2D eigenvalue weighted by atomic mass is 10.1. The van der Waals surface area contributed by atoms with E-state index in [9.17, 15) is 0 Å². The third-order valence-electron chi connectivity index (χ3n) is 3.10. The maximum Gasteiger partial charge on any atom is 0.130 e. The largest absolute Gasteiger partial charge is 0.457 e. The van der Waals surface area contributed by atoms with Crippen LogP contribution in [0.25, 0.3) is 0 Å². The van der Waals surface area contributed by atoms with Crippen LogP contribution in [0.15, 0.2) is 46.9 Å². The Morgan fingerprint density at radius 3 is 2.29 bits per heavy atom. The Labute approximate surface area is 135 Å². The van der Waals surface area contributed by atoms with Crippen LogP contribution in [0.1, 0.15) is 31.9 Å². The summed E-state index contributed by atoms with van der Waals surface area (Å²) < 4.78 is 6.97. The minimum absolute atomic E-state index is 0.125. The van der Waals surface area contributed by atoms with Gasteiger partial charge in [-0.15, -0.1) is 0 Å². The maximum absolute atomic E-state index is 5.92. The van der Waals surface area contributed by atoms with Crippen LogP contribution < -0.4 is 10.1 Å². The van der Waals surface area contributed by atoms with Gasteiger partial charge in [-0.1, -0.05) is 28.1 Å². The number of ether oxygens (including phenoxy) is 1. The quantitative estimate of drug-likeness (QED) is 0.795. The fourth-order valence-corrected chi connectivity index (χ4v) is 2.20. The van der Waals surface area contributed by atoms with Crippen molar-refractivity contribution in [2.75, 3.05) is 0 Å². The van der Waals surface area contributed by atoms with Crippen LogP contribution >= 0.6 is 15.9 Å². The van der Waals surface area contributed by atoms with Gasteiger partial charge in [0.05, 0.1) is 0 Å². The Morgan fingerprint density at radius 1 is 1.05 bits per heavy atom. The van der Waals surface area contributed by atoms with Crippen molar-refractivity contribution >= 4 is 15.9 Å². The molecule has 0 amide bonds. The van der Waals surface area contributed by atoms with Crippen molar-refractivity contribution < 1.29 is 4.74 Å². The number of benzene rings is 2. The van der Waals surface area contributed by atoms with Gasteiger partial charge in [0.25, 0.3) is 0 Å². The van der Waals surface area contributed by atoms with Gasteiger partial charge in [0.15, 0.2) is 0 Å². The van der Waals surface area contributed by atoms with E-state index in [-0.39, 0.29) is 5.54 Å². The summed E-state index contributed by atoms with van der Waals surface area (Å²) in [6, 6.07) is 14.2. The molecule has 0 atom stereocenters. The number of rotatable bonds is 4. The van der Waals surface area contributed by atoms with Crippen LogP contribution in [0, 0.1) is 6.92 Å². The van der Waals surface area contributed by atoms with Gasteiger partial charge in [-0.2, -0.15) is 0 Å². The standard InChI is InChI=1S/C18H22BrNO/c1-13-11-14(12-20-18(2,3)4)5-10-17(13)21-16-8-6-15(19)7-9-16/h5-11,20H,12H2,1-4H3. The minimum Gasteiger partial charge on any atom is -0.457 e. The van der Waals surface area contributed by atoms with Crippen molar-refractivity contribution in [3.05, 3.63) is 58.1 Å². The normalized spacial score (nSPS) is 11.5. The summed E-state index contributed by atoms with van der Waals surface area (Å²) in [6.45, 7) is 9.46. The average molecular weight is 348 g/mol. The van der Waals surface area contributed by atoms with Crippen molar-refractivity contribution in [2.45, 2.75) is 39.8 Å². The Kier molecular flexibility index (Phi) is 5.07. The summed E-state index contributed by atoms with van der Waals surface area (Å²) in [5.74, 6) is 1.75. The molecule has 0 fully saturated rings. The van der Waals surface area contributed by atoms with Gasteiger partial charge in [-0.25, -0.2) is 0 Å². The highest BCUT2D eigenvalue weighted by Gasteiger charge is 2.09. The Balaban J connectivity index is 2.07. The molecule has 3 heteroatoms. The molecule has 0 aromatic heterocycles. The molecule has 0 unspecified atom stereocenters. The molecule has 0 saturated heterocycles. The van der Waals surface area contributed by atoms with Gasteiger partial charge in [0, 0.05) is 16.6 Å². The van der Waals surface area contributed by atoms with E-state index in [1.165, 1.54) is 5.56 Å². The zero-order chi connectivity index (χ0) is 15.5. The smallest absolute Gasteiger partial charge is 0.130 e. The summed E-state index contributed by atoms with van der Waals surface area (Å²) in [7, 11) is 0. The topological polar surface area (TPSA) is 21.3 Å². The van der Waals surface area contributed by atoms with Gasteiger partial charge in [0.1, 0.15) is 11.5 Å². The molecule has 0 heterocycles. The lowest BCUT2D eigenvalue weighted by Gasteiger charge is -2.21. The molecule has 2 nitrogen and oxygen atoms in total. The molecular formula is C18H22BrNO. The molecule has 0 bridgehead atoms. The van der Waals surface area contributed by atoms with Gasteiger partial charge in [-0.3, -0.25) is 0 Å². The molecule has 21 heavy (non-hydrogen) atoms. The molecule has 0 aliphatic heterocycles. The Bertz CT molecular complexity index is 600. The third-order valence-corrected chi connectivity index (χ3v) is 3.63. The average Bonchev–Trinajstić information content (AvgIpc) is 2.41. The van der Waals surface area contributed by atoms with E-state index in [0.29, 0.717) is 0 Å². The highest BCUT2D eigenvalue weighted by molar-refractivity contribution is 9.10. The molecule has 112 valence electrons. The molecule has 2 rings (SSSR count). The first-order valence-corrected chi connectivity index (χ1v) is 7.91. The van der Waals surface area contributed by atoms with E-state index in [2.05, 4.69) is 61.1 Å². The molecule has 2 aromatic carbocycles. The van der Waals surface area contributed by atoms with Crippen molar-refractivity contribution in [2.24, 2.45) is 0 Å². The van der Waals surface area contributed by atoms with Gasteiger partial charge < -0.3 is 10.1 Å². The first-order chi connectivity index (χ1) is 9.83. The van der Waals surface area contributed by atoms with Crippen LogP contribution in [-0.2, 0) is 6.54 Å². The molecule has 0 saturated carbocycles. The number of hydrogen-bond donors (Lipinski definition) is 1. The second-order valence-corrected chi connectivity index (χ2v) is 7.18. The third kappa shape index (κ3) is 5.18. The molecule has 2 aromatic rings. The Hall–Kier alpha value is -1.32. The summed E-state index contributed by atoms with van der Waals surface area (Å²) in [5, 5.41) is 3.49. The van der Waals surface area contributed by atoms with Crippen LogP contribution in [-0.4, -0.2) is 5.54 Å². The van der Waals surface area contributed by atoms with E-state index in [1.54, 1.807) is 0 Å². The summed E-state index contributed by atoms with van der Waals surface area (Å²) in [6.07, 6.45) is 0. The molecule has 0 radical (unpaired) electrons. The van der Waals surface area contributed by atoms with Gasteiger partial charge >= 0.3 is 0 Å². The molecule has 0 spiro atoms. The predicted molar refractivity (Wildman–Crippen MR) is 92.0 cm³/mol. The van der Waals surface area contributed by atoms with E-state index in [0.717, 1.165) is 28.1 Å². The minimum atomic E-state index is 0.125.